The highest BCUT2D eigenvalue weighted by Gasteiger charge is 1.83. The molecule has 0 aromatic heterocycles. The maximum atomic E-state index is 8.01. The van der Waals surface area contributed by atoms with E-state index in [4.69, 9.17) is 15.8 Å². The largest absolute Gasteiger partial charge is 0.202 e. The highest BCUT2D eigenvalue weighted by Crippen LogP contribution is 1.87. The van der Waals surface area contributed by atoms with E-state index in [1.807, 2.05) is 12.1 Å². The van der Waals surface area contributed by atoms with Gasteiger partial charge in [0.2, 0.25) is 0 Å². The predicted molar refractivity (Wildman–Crippen MR) is 72.5 cm³/mol. The van der Waals surface area contributed by atoms with Gasteiger partial charge in [-0.1, -0.05) is 37.5 Å². The number of nitriles is 3. The third kappa shape index (κ3) is 89.4. The molecule has 17 heavy (non-hydrogen) atoms. The lowest BCUT2D eigenvalue weighted by Crippen LogP contribution is -1.76. The summed E-state index contributed by atoms with van der Waals surface area (Å²) in [5.74, 6) is 0.00463. The molecule has 0 heterocycles. The summed E-state index contributed by atoms with van der Waals surface area (Å²) in [6.45, 7) is 18.8. The average molecular weight is 229 g/mol. The van der Waals surface area contributed by atoms with Gasteiger partial charge in [0.15, 0.2) is 0 Å². The van der Waals surface area contributed by atoms with E-state index in [0.29, 0.717) is 6.42 Å². The molecular formula is C14H19N3. The van der Waals surface area contributed by atoms with Crippen LogP contribution in [0.3, 0.4) is 0 Å². The molecule has 0 aromatic carbocycles. The van der Waals surface area contributed by atoms with Crippen molar-refractivity contribution in [3.8, 4) is 18.7 Å². The Morgan fingerprint density at radius 3 is 1.53 bits per heavy atom. The molecule has 0 saturated heterocycles. The molecule has 0 saturated carbocycles. The molecule has 90 valence electrons. The molecule has 0 bridgehead atoms. The number of hydrogen-bond donors (Lipinski definition) is 0. The maximum absolute atomic E-state index is 8.01. The van der Waals surface area contributed by atoms with Gasteiger partial charge in [-0.05, 0) is 6.92 Å². The molecule has 0 aromatic rings. The first kappa shape index (κ1) is 23.9. The average Bonchev–Trinajstić information content (AvgIpc) is 2.42. The van der Waals surface area contributed by atoms with Crippen molar-refractivity contribution in [1.82, 2.24) is 0 Å². The van der Waals surface area contributed by atoms with Crippen molar-refractivity contribution in [2.24, 2.45) is 5.92 Å². The lowest BCUT2D eigenvalue weighted by molar-refractivity contribution is 0.960. The maximum Gasteiger partial charge on any atom is 0.0694 e. The van der Waals surface area contributed by atoms with Crippen molar-refractivity contribution >= 4 is 0 Å². The first-order chi connectivity index (χ1) is 8.14. The predicted octanol–water partition coefficient (Wildman–Crippen LogP) is 3.92. The summed E-state index contributed by atoms with van der Waals surface area (Å²) in [7, 11) is 0. The molecule has 0 spiro atoms. The second-order valence-electron chi connectivity index (χ2n) is 2.28. The lowest BCUT2D eigenvalue weighted by atomic mass is 10.2. The molecule has 0 amide bonds. The zero-order chi connectivity index (χ0) is 14.5. The van der Waals surface area contributed by atoms with E-state index in [9.17, 15) is 0 Å². The molecule has 0 aliphatic carbocycles. The molecule has 3 nitrogen and oxygen atoms in total. The van der Waals surface area contributed by atoms with Crippen LogP contribution < -0.4 is 0 Å². The second kappa shape index (κ2) is 37.6. The van der Waals surface area contributed by atoms with Crippen molar-refractivity contribution in [3.63, 3.8) is 0 Å². The summed E-state index contributed by atoms with van der Waals surface area (Å²) >= 11 is 0. The second-order valence-corrected chi connectivity index (χ2v) is 2.28. The van der Waals surface area contributed by atoms with E-state index >= 15 is 0 Å². The van der Waals surface area contributed by atoms with E-state index < -0.39 is 0 Å². The van der Waals surface area contributed by atoms with Crippen molar-refractivity contribution in [2.45, 2.75) is 13.3 Å². The summed E-state index contributed by atoms with van der Waals surface area (Å²) < 4.78 is 0. The highest BCUT2D eigenvalue weighted by atomic mass is 14.2. The standard InChI is InChI=1S/C5H7N.C4H5N.C4H6.CHN/c1-3-5(2)4-6;1-2-3-4-5;1-3-4-2;1-2/h3,5H,1H2,2H3;2H,1,3H2;3-4H,1-2H2;1H. The van der Waals surface area contributed by atoms with Crippen LogP contribution in [-0.2, 0) is 0 Å². The third-order valence-corrected chi connectivity index (χ3v) is 0.959. The van der Waals surface area contributed by atoms with E-state index in [1.54, 1.807) is 31.2 Å². The molecule has 0 radical (unpaired) electrons. The van der Waals surface area contributed by atoms with E-state index in [0.717, 1.165) is 0 Å². The fraction of sp³-hybridized carbons (Fsp3) is 0.214. The molecule has 3 heteroatoms. The van der Waals surface area contributed by atoms with Crippen LogP contribution in [0, 0.1) is 40.4 Å². The third-order valence-electron chi connectivity index (χ3n) is 0.959. The normalized spacial score (nSPS) is 7.12. The minimum atomic E-state index is 0.00463. The smallest absolute Gasteiger partial charge is 0.0694 e. The van der Waals surface area contributed by atoms with Gasteiger partial charge in [-0.25, -0.2) is 5.26 Å². The quantitative estimate of drug-likeness (QED) is 0.544. The van der Waals surface area contributed by atoms with Crippen LogP contribution in [0.4, 0.5) is 0 Å². The van der Waals surface area contributed by atoms with Crippen molar-refractivity contribution in [3.05, 3.63) is 50.6 Å². The summed E-state index contributed by atoms with van der Waals surface area (Å²) in [6, 6.07) is 3.90. The molecule has 0 aliphatic heterocycles. The van der Waals surface area contributed by atoms with Crippen LogP contribution >= 0.6 is 0 Å². The summed E-state index contributed by atoms with van der Waals surface area (Å²) in [4.78, 5) is 0. The zero-order valence-corrected chi connectivity index (χ0v) is 10.3. The minimum Gasteiger partial charge on any atom is -0.202 e. The van der Waals surface area contributed by atoms with E-state index in [1.165, 1.54) is 0 Å². The number of hydrogen-bond acceptors (Lipinski definition) is 3. The summed E-state index contributed by atoms with van der Waals surface area (Å²) in [6.07, 6.45) is 6.92. The van der Waals surface area contributed by atoms with Crippen LogP contribution in [0.25, 0.3) is 0 Å². The van der Waals surface area contributed by atoms with Crippen LogP contribution in [0.15, 0.2) is 50.6 Å². The first-order valence-electron chi connectivity index (χ1n) is 4.63. The van der Waals surface area contributed by atoms with Crippen LogP contribution in [0.1, 0.15) is 13.3 Å². The van der Waals surface area contributed by atoms with Gasteiger partial charge in [0.25, 0.3) is 0 Å². The highest BCUT2D eigenvalue weighted by molar-refractivity contribution is 4.91. The zero-order valence-electron chi connectivity index (χ0n) is 10.3. The Morgan fingerprint density at radius 1 is 1.12 bits per heavy atom. The van der Waals surface area contributed by atoms with Crippen LogP contribution in [0.2, 0.25) is 0 Å². The Balaban J connectivity index is -0.0000000705. The number of rotatable bonds is 3. The number of allylic oxidation sites excluding steroid dienone is 4. The summed E-state index contributed by atoms with van der Waals surface area (Å²) in [5.41, 5.74) is 0. The Hall–Kier alpha value is -2.57. The van der Waals surface area contributed by atoms with Gasteiger partial charge in [0, 0.05) is 6.57 Å². The fourth-order valence-electron chi connectivity index (χ4n) is 0.117. The van der Waals surface area contributed by atoms with Gasteiger partial charge >= 0.3 is 0 Å². The summed E-state index contributed by atoms with van der Waals surface area (Å²) in [5, 5.41) is 22.3. The van der Waals surface area contributed by atoms with Gasteiger partial charge in [-0.2, -0.15) is 10.5 Å². The van der Waals surface area contributed by atoms with Gasteiger partial charge in [0.05, 0.1) is 24.5 Å². The van der Waals surface area contributed by atoms with E-state index in [2.05, 4.69) is 32.9 Å². The Kier molecular flexibility index (Phi) is 52.9. The molecule has 0 fully saturated rings. The monoisotopic (exact) mass is 229 g/mol. The molecule has 1 unspecified atom stereocenters. The topological polar surface area (TPSA) is 71.4 Å². The number of nitrogens with zero attached hydrogens (tertiary/aromatic N) is 3. The molecular weight excluding hydrogens is 210 g/mol. The Bertz CT molecular complexity index is 281. The van der Waals surface area contributed by atoms with Crippen LogP contribution in [-0.4, -0.2) is 0 Å². The van der Waals surface area contributed by atoms with Gasteiger partial charge in [-0.15, -0.1) is 13.2 Å². The van der Waals surface area contributed by atoms with Crippen LogP contribution in [0.5, 0.6) is 0 Å². The molecule has 0 aliphatic rings. The van der Waals surface area contributed by atoms with Crippen molar-refractivity contribution in [1.29, 1.82) is 15.8 Å². The van der Waals surface area contributed by atoms with Gasteiger partial charge in [0.1, 0.15) is 0 Å². The minimum absolute atomic E-state index is 0.00463. The van der Waals surface area contributed by atoms with Gasteiger partial charge < -0.3 is 0 Å². The SMILES string of the molecule is C#N.C=CC(C)C#N.C=CC=C.C=CCC#N. The van der Waals surface area contributed by atoms with Crippen molar-refractivity contribution in [2.75, 3.05) is 0 Å². The Labute approximate surface area is 105 Å². The van der Waals surface area contributed by atoms with E-state index in [-0.39, 0.29) is 5.92 Å². The lowest BCUT2D eigenvalue weighted by Gasteiger charge is -1.80. The van der Waals surface area contributed by atoms with Crippen molar-refractivity contribution < 1.29 is 0 Å². The van der Waals surface area contributed by atoms with Gasteiger partial charge in [-0.3, -0.25) is 0 Å². The molecule has 0 N–H and O–H groups in total. The molecule has 0 rings (SSSR count). The fourth-order valence-corrected chi connectivity index (χ4v) is 0.117. The first-order valence-corrected chi connectivity index (χ1v) is 4.63. The Morgan fingerprint density at radius 2 is 1.53 bits per heavy atom. The molecule has 1 atom stereocenters.